The third-order valence-electron chi connectivity index (χ3n) is 4.59. The molecule has 112 valence electrons. The Morgan fingerprint density at radius 3 is 1.85 bits per heavy atom. The van der Waals surface area contributed by atoms with Gasteiger partial charge in [-0.15, -0.1) is 0 Å². The molecule has 1 nitrogen and oxygen atoms in total. The molecule has 20 heavy (non-hydrogen) atoms. The van der Waals surface area contributed by atoms with Crippen molar-refractivity contribution in [2.75, 3.05) is 6.54 Å². The molecule has 0 aliphatic carbocycles. The van der Waals surface area contributed by atoms with Gasteiger partial charge in [-0.05, 0) is 46.1 Å². The van der Waals surface area contributed by atoms with Gasteiger partial charge in [0.05, 0.1) is 0 Å². The summed E-state index contributed by atoms with van der Waals surface area (Å²) in [6.07, 6.45) is 6.85. The first-order valence-electron chi connectivity index (χ1n) is 7.83. The summed E-state index contributed by atoms with van der Waals surface area (Å²) in [5.74, 6) is 0. The Balaban J connectivity index is 2.84. The molecule has 0 radical (unpaired) electrons. The molecule has 0 unspecified atom stereocenters. The first-order valence-corrected chi connectivity index (χ1v) is 7.83. The van der Waals surface area contributed by atoms with Crippen LogP contribution < -0.4 is 0 Å². The number of nitrogens with zero attached hydrogens (tertiary/aromatic N) is 1. The van der Waals surface area contributed by atoms with Gasteiger partial charge in [0.25, 0.3) is 0 Å². The lowest BCUT2D eigenvalue weighted by Crippen LogP contribution is -2.55. The summed E-state index contributed by atoms with van der Waals surface area (Å²) in [5.41, 5.74) is 1.72. The van der Waals surface area contributed by atoms with Crippen LogP contribution in [0.1, 0.15) is 59.9 Å². The fourth-order valence-corrected chi connectivity index (χ4v) is 2.55. The Kier molecular flexibility index (Phi) is 6.01. The normalized spacial score (nSPS) is 13.3. The number of rotatable bonds is 7. The van der Waals surface area contributed by atoms with Gasteiger partial charge < -0.3 is 0 Å². The second-order valence-corrected chi connectivity index (χ2v) is 6.76. The molecule has 1 aromatic rings. The van der Waals surface area contributed by atoms with Crippen molar-refractivity contribution >= 4 is 6.08 Å². The lowest BCUT2D eigenvalue weighted by molar-refractivity contribution is 0.0233. The van der Waals surface area contributed by atoms with Gasteiger partial charge in [-0.2, -0.15) is 0 Å². The highest BCUT2D eigenvalue weighted by Gasteiger charge is 2.34. The molecular formula is C19H31N. The van der Waals surface area contributed by atoms with E-state index in [9.17, 15) is 0 Å². The maximum Gasteiger partial charge on any atom is 0.0177 e. The highest BCUT2D eigenvalue weighted by Crippen LogP contribution is 2.30. The van der Waals surface area contributed by atoms with Crippen LogP contribution in [-0.4, -0.2) is 22.5 Å². The second-order valence-electron chi connectivity index (χ2n) is 6.76. The van der Waals surface area contributed by atoms with E-state index < -0.39 is 0 Å². The number of hydrogen-bond acceptors (Lipinski definition) is 1. The Labute approximate surface area is 125 Å². The second kappa shape index (κ2) is 7.08. The van der Waals surface area contributed by atoms with E-state index in [0.29, 0.717) is 0 Å². The van der Waals surface area contributed by atoms with Gasteiger partial charge in [0.2, 0.25) is 0 Å². The summed E-state index contributed by atoms with van der Waals surface area (Å²) < 4.78 is 0. The highest BCUT2D eigenvalue weighted by molar-refractivity contribution is 5.48. The fraction of sp³-hybridized carbons (Fsp3) is 0.579. The third kappa shape index (κ3) is 4.49. The van der Waals surface area contributed by atoms with Crippen molar-refractivity contribution in [2.24, 2.45) is 0 Å². The molecule has 0 heterocycles. The minimum Gasteiger partial charge on any atom is -0.289 e. The van der Waals surface area contributed by atoms with Crippen LogP contribution in [0.2, 0.25) is 0 Å². The molecule has 0 amide bonds. The molecule has 0 aliphatic rings. The van der Waals surface area contributed by atoms with E-state index in [1.54, 1.807) is 0 Å². The van der Waals surface area contributed by atoms with Crippen LogP contribution in [0.4, 0.5) is 0 Å². The molecule has 0 spiro atoms. The zero-order chi connectivity index (χ0) is 15.2. The van der Waals surface area contributed by atoms with Crippen LogP contribution >= 0.6 is 0 Å². The third-order valence-corrected chi connectivity index (χ3v) is 4.59. The molecule has 0 N–H and O–H groups in total. The van der Waals surface area contributed by atoms with Crippen LogP contribution in [0, 0.1) is 0 Å². The first-order chi connectivity index (χ1) is 9.33. The molecule has 0 saturated heterocycles. The summed E-state index contributed by atoms with van der Waals surface area (Å²) in [6, 6.07) is 10.5. The molecule has 1 aromatic carbocycles. The lowest BCUT2D eigenvalue weighted by Gasteiger charge is -2.48. The van der Waals surface area contributed by atoms with Crippen LogP contribution in [-0.2, 0) is 0 Å². The van der Waals surface area contributed by atoms with Crippen molar-refractivity contribution in [3.63, 3.8) is 0 Å². The predicted molar refractivity (Wildman–Crippen MR) is 90.9 cm³/mol. The molecule has 0 atom stereocenters. The van der Waals surface area contributed by atoms with Gasteiger partial charge >= 0.3 is 0 Å². The molecule has 1 rings (SSSR count). The minimum atomic E-state index is 0.223. The molecule has 0 fully saturated rings. The zero-order valence-electron chi connectivity index (χ0n) is 14.1. The maximum absolute atomic E-state index is 2.62. The molecule has 0 aliphatic heterocycles. The Morgan fingerprint density at radius 2 is 1.40 bits per heavy atom. The summed E-state index contributed by atoms with van der Waals surface area (Å²) in [6.45, 7) is 14.9. The molecular weight excluding hydrogens is 242 g/mol. The van der Waals surface area contributed by atoms with Crippen molar-refractivity contribution in [1.82, 2.24) is 4.90 Å². The van der Waals surface area contributed by atoms with Gasteiger partial charge in [-0.25, -0.2) is 0 Å². The average Bonchev–Trinajstić information content (AvgIpc) is 2.44. The van der Waals surface area contributed by atoms with E-state index >= 15 is 0 Å². The van der Waals surface area contributed by atoms with Gasteiger partial charge in [0, 0.05) is 17.6 Å². The van der Waals surface area contributed by atoms with E-state index in [4.69, 9.17) is 0 Å². The van der Waals surface area contributed by atoms with E-state index in [-0.39, 0.29) is 11.1 Å². The summed E-state index contributed by atoms with van der Waals surface area (Å²) in [4.78, 5) is 2.62. The topological polar surface area (TPSA) is 3.24 Å². The molecule has 0 bridgehead atoms. The Hall–Kier alpha value is -1.08. The van der Waals surface area contributed by atoms with E-state index in [2.05, 4.69) is 88.9 Å². The number of benzene rings is 1. The fourth-order valence-electron chi connectivity index (χ4n) is 2.55. The maximum atomic E-state index is 2.62. The zero-order valence-corrected chi connectivity index (χ0v) is 14.1. The number of hydrogen-bond donors (Lipinski definition) is 0. The smallest absolute Gasteiger partial charge is 0.0177 e. The first kappa shape index (κ1) is 17.0. The van der Waals surface area contributed by atoms with Crippen LogP contribution in [0.5, 0.6) is 0 Å². The van der Waals surface area contributed by atoms with Crippen LogP contribution in [0.15, 0.2) is 36.4 Å². The van der Waals surface area contributed by atoms with Gasteiger partial charge in [0.1, 0.15) is 0 Å². The van der Waals surface area contributed by atoms with Gasteiger partial charge in [-0.1, -0.05) is 56.3 Å². The van der Waals surface area contributed by atoms with Gasteiger partial charge in [-0.3, -0.25) is 4.90 Å². The van der Waals surface area contributed by atoms with E-state index in [1.807, 2.05) is 0 Å². The molecule has 0 saturated carbocycles. The standard InChI is InChI=1S/C19H31N/c1-7-18(3,4)20(19(5,6)8-2)16-12-15-17-13-10-9-11-14-17/h9-15H,7-8,16H2,1-6H3. The van der Waals surface area contributed by atoms with Crippen molar-refractivity contribution in [2.45, 2.75) is 65.5 Å². The monoisotopic (exact) mass is 273 g/mol. The highest BCUT2D eigenvalue weighted by atomic mass is 15.2. The van der Waals surface area contributed by atoms with Crippen LogP contribution in [0.3, 0.4) is 0 Å². The molecule has 0 aromatic heterocycles. The van der Waals surface area contributed by atoms with Crippen molar-refractivity contribution in [1.29, 1.82) is 0 Å². The quantitative estimate of drug-likeness (QED) is 0.644. The largest absolute Gasteiger partial charge is 0.289 e. The SMILES string of the molecule is CCC(C)(C)N(CC=Cc1ccccc1)C(C)(C)CC. The summed E-state index contributed by atoms with van der Waals surface area (Å²) >= 11 is 0. The summed E-state index contributed by atoms with van der Waals surface area (Å²) in [5, 5.41) is 0. The Bertz CT molecular complexity index is 399. The van der Waals surface area contributed by atoms with E-state index in [1.165, 1.54) is 5.56 Å². The summed E-state index contributed by atoms with van der Waals surface area (Å²) in [7, 11) is 0. The average molecular weight is 273 g/mol. The Morgan fingerprint density at radius 1 is 0.900 bits per heavy atom. The minimum absolute atomic E-state index is 0.223. The van der Waals surface area contributed by atoms with Crippen molar-refractivity contribution in [3.8, 4) is 0 Å². The van der Waals surface area contributed by atoms with E-state index in [0.717, 1.165) is 19.4 Å². The predicted octanol–water partition coefficient (Wildman–Crippen LogP) is 5.38. The van der Waals surface area contributed by atoms with Crippen molar-refractivity contribution in [3.05, 3.63) is 42.0 Å². The lowest BCUT2D eigenvalue weighted by atomic mass is 9.89. The van der Waals surface area contributed by atoms with Gasteiger partial charge in [0.15, 0.2) is 0 Å². The van der Waals surface area contributed by atoms with Crippen molar-refractivity contribution < 1.29 is 0 Å². The molecule has 1 heteroatoms. The van der Waals surface area contributed by atoms with Crippen LogP contribution in [0.25, 0.3) is 6.08 Å².